The summed E-state index contributed by atoms with van der Waals surface area (Å²) in [5.74, 6) is 1.20. The van der Waals surface area contributed by atoms with E-state index in [9.17, 15) is 0 Å². The summed E-state index contributed by atoms with van der Waals surface area (Å²) in [4.78, 5) is 4.48. The number of benzene rings is 2. The predicted octanol–water partition coefficient (Wildman–Crippen LogP) is 4.17. The molecule has 0 aliphatic carbocycles. The lowest BCUT2D eigenvalue weighted by atomic mass is 10.1. The van der Waals surface area contributed by atoms with Crippen LogP contribution in [0.2, 0.25) is 0 Å². The summed E-state index contributed by atoms with van der Waals surface area (Å²) < 4.78 is 5.78. The number of anilines is 1. The van der Waals surface area contributed by atoms with Gasteiger partial charge in [-0.1, -0.05) is 31.2 Å². The molecule has 0 saturated heterocycles. The van der Waals surface area contributed by atoms with E-state index in [4.69, 9.17) is 10.5 Å². The highest BCUT2D eigenvalue weighted by molar-refractivity contribution is 5.78. The Balaban J connectivity index is 1.92. The van der Waals surface area contributed by atoms with Gasteiger partial charge in [0.25, 0.3) is 0 Å². The molecule has 0 bridgehead atoms. The van der Waals surface area contributed by atoms with Crippen molar-refractivity contribution in [2.24, 2.45) is 0 Å². The van der Waals surface area contributed by atoms with E-state index in [1.165, 1.54) is 5.56 Å². The van der Waals surface area contributed by atoms with Crippen LogP contribution in [0.25, 0.3) is 10.9 Å². The Kier molecular flexibility index (Phi) is 3.25. The SMILES string of the molecule is CCc1ccc(Oc2ccc3ccccc3n2)c(N)c1. The van der Waals surface area contributed by atoms with Crippen molar-refractivity contribution in [2.45, 2.75) is 13.3 Å². The fourth-order valence-corrected chi connectivity index (χ4v) is 2.13. The third-order valence-corrected chi connectivity index (χ3v) is 3.27. The first-order chi connectivity index (χ1) is 9.76. The fourth-order valence-electron chi connectivity index (χ4n) is 2.13. The van der Waals surface area contributed by atoms with Crippen LogP contribution in [-0.4, -0.2) is 4.98 Å². The largest absolute Gasteiger partial charge is 0.437 e. The van der Waals surface area contributed by atoms with Crippen LogP contribution in [-0.2, 0) is 6.42 Å². The first kappa shape index (κ1) is 12.5. The topological polar surface area (TPSA) is 48.1 Å². The second-order valence-corrected chi connectivity index (χ2v) is 4.67. The van der Waals surface area contributed by atoms with Crippen molar-refractivity contribution in [3.05, 3.63) is 60.2 Å². The maximum Gasteiger partial charge on any atom is 0.219 e. The number of para-hydroxylation sites is 1. The Morgan fingerprint density at radius 1 is 1.05 bits per heavy atom. The summed E-state index contributed by atoms with van der Waals surface area (Å²) in [5, 5.41) is 1.09. The van der Waals surface area contributed by atoms with Gasteiger partial charge in [0.1, 0.15) is 0 Å². The normalized spacial score (nSPS) is 10.7. The van der Waals surface area contributed by atoms with Crippen molar-refractivity contribution in [3.8, 4) is 11.6 Å². The van der Waals surface area contributed by atoms with E-state index in [0.717, 1.165) is 17.3 Å². The minimum atomic E-state index is 0.555. The molecular formula is C17H16N2O. The quantitative estimate of drug-likeness (QED) is 0.722. The van der Waals surface area contributed by atoms with Crippen molar-refractivity contribution in [1.29, 1.82) is 0 Å². The van der Waals surface area contributed by atoms with Gasteiger partial charge in [0.15, 0.2) is 5.75 Å². The molecule has 3 aromatic rings. The van der Waals surface area contributed by atoms with Crippen LogP contribution in [0, 0.1) is 0 Å². The number of nitrogens with zero attached hydrogens (tertiary/aromatic N) is 1. The zero-order valence-corrected chi connectivity index (χ0v) is 11.3. The van der Waals surface area contributed by atoms with E-state index in [1.54, 1.807) is 0 Å². The number of hydrogen-bond donors (Lipinski definition) is 1. The third kappa shape index (κ3) is 2.43. The Bertz CT molecular complexity index is 753. The van der Waals surface area contributed by atoms with Crippen LogP contribution in [0.4, 0.5) is 5.69 Å². The van der Waals surface area contributed by atoms with Gasteiger partial charge in [-0.2, -0.15) is 0 Å². The zero-order chi connectivity index (χ0) is 13.9. The number of pyridine rings is 1. The third-order valence-electron chi connectivity index (χ3n) is 3.27. The van der Waals surface area contributed by atoms with Gasteiger partial charge in [0.05, 0.1) is 11.2 Å². The molecule has 3 rings (SSSR count). The van der Waals surface area contributed by atoms with Crippen LogP contribution in [0.15, 0.2) is 54.6 Å². The van der Waals surface area contributed by atoms with Crippen LogP contribution in [0.1, 0.15) is 12.5 Å². The second kappa shape index (κ2) is 5.21. The minimum absolute atomic E-state index is 0.555. The van der Waals surface area contributed by atoms with Crippen LogP contribution >= 0.6 is 0 Å². The molecule has 0 aliphatic heterocycles. The van der Waals surface area contributed by atoms with Crippen molar-refractivity contribution in [2.75, 3.05) is 5.73 Å². The standard InChI is InChI=1S/C17H16N2O/c1-2-12-7-9-16(14(18)11-12)20-17-10-8-13-5-3-4-6-15(13)19-17/h3-11H,2,18H2,1H3. The highest BCUT2D eigenvalue weighted by Gasteiger charge is 2.05. The number of ether oxygens (including phenoxy) is 1. The lowest BCUT2D eigenvalue weighted by Gasteiger charge is -2.09. The van der Waals surface area contributed by atoms with Crippen molar-refractivity contribution >= 4 is 16.6 Å². The predicted molar refractivity (Wildman–Crippen MR) is 82.0 cm³/mol. The Hall–Kier alpha value is -2.55. The maximum absolute atomic E-state index is 6.00. The van der Waals surface area contributed by atoms with Crippen molar-refractivity contribution < 1.29 is 4.74 Å². The second-order valence-electron chi connectivity index (χ2n) is 4.67. The molecule has 0 fully saturated rings. The molecule has 0 aliphatic rings. The molecule has 2 aromatic carbocycles. The van der Waals surface area contributed by atoms with Gasteiger partial charge in [-0.3, -0.25) is 0 Å². The highest BCUT2D eigenvalue weighted by Crippen LogP contribution is 2.28. The lowest BCUT2D eigenvalue weighted by Crippen LogP contribution is -1.95. The monoisotopic (exact) mass is 264 g/mol. The lowest BCUT2D eigenvalue weighted by molar-refractivity contribution is 0.467. The summed E-state index contributed by atoms with van der Waals surface area (Å²) in [5.41, 5.74) is 8.75. The number of rotatable bonds is 3. The van der Waals surface area contributed by atoms with Crippen molar-refractivity contribution in [3.63, 3.8) is 0 Å². The van der Waals surface area contributed by atoms with Crippen LogP contribution in [0.5, 0.6) is 11.6 Å². The Labute approximate surface area is 118 Å². The molecule has 3 heteroatoms. The number of fused-ring (bicyclic) bond motifs is 1. The molecule has 0 amide bonds. The first-order valence-electron chi connectivity index (χ1n) is 6.68. The molecule has 0 atom stereocenters. The van der Waals surface area contributed by atoms with Gasteiger partial charge in [-0.15, -0.1) is 0 Å². The smallest absolute Gasteiger partial charge is 0.219 e. The first-order valence-corrected chi connectivity index (χ1v) is 6.68. The molecule has 0 radical (unpaired) electrons. The van der Waals surface area contributed by atoms with Gasteiger partial charge in [-0.25, -0.2) is 4.98 Å². The van der Waals surface area contributed by atoms with Gasteiger partial charge < -0.3 is 10.5 Å². The highest BCUT2D eigenvalue weighted by atomic mass is 16.5. The van der Waals surface area contributed by atoms with Crippen LogP contribution in [0.3, 0.4) is 0 Å². The zero-order valence-electron chi connectivity index (χ0n) is 11.3. The molecule has 1 heterocycles. The molecule has 0 saturated carbocycles. The average molecular weight is 264 g/mol. The summed E-state index contributed by atoms with van der Waals surface area (Å²) in [6.45, 7) is 2.10. The van der Waals surface area contributed by atoms with Gasteiger partial charge in [0, 0.05) is 11.5 Å². The van der Waals surface area contributed by atoms with Crippen LogP contribution < -0.4 is 10.5 Å². The Morgan fingerprint density at radius 2 is 1.90 bits per heavy atom. The fraction of sp³-hybridized carbons (Fsp3) is 0.118. The van der Waals surface area contributed by atoms with E-state index in [0.29, 0.717) is 17.3 Å². The molecule has 100 valence electrons. The summed E-state index contributed by atoms with van der Waals surface area (Å²) in [7, 11) is 0. The number of nitrogens with two attached hydrogens (primary N) is 1. The van der Waals surface area contributed by atoms with E-state index in [2.05, 4.69) is 11.9 Å². The van der Waals surface area contributed by atoms with E-state index in [-0.39, 0.29) is 0 Å². The Morgan fingerprint density at radius 3 is 2.70 bits per heavy atom. The van der Waals surface area contributed by atoms with Gasteiger partial charge in [-0.05, 0) is 36.2 Å². The maximum atomic E-state index is 6.00. The summed E-state index contributed by atoms with van der Waals surface area (Å²) in [6, 6.07) is 17.6. The molecule has 0 spiro atoms. The molecular weight excluding hydrogens is 248 g/mol. The molecule has 0 unspecified atom stereocenters. The van der Waals surface area contributed by atoms with Gasteiger partial charge >= 0.3 is 0 Å². The van der Waals surface area contributed by atoms with E-state index < -0.39 is 0 Å². The van der Waals surface area contributed by atoms with Gasteiger partial charge in [0.2, 0.25) is 5.88 Å². The van der Waals surface area contributed by atoms with E-state index in [1.807, 2.05) is 54.6 Å². The minimum Gasteiger partial charge on any atom is -0.437 e. The molecule has 2 N–H and O–H groups in total. The number of hydrogen-bond acceptors (Lipinski definition) is 3. The molecule has 3 nitrogen and oxygen atoms in total. The summed E-state index contributed by atoms with van der Waals surface area (Å²) >= 11 is 0. The molecule has 20 heavy (non-hydrogen) atoms. The number of aryl methyl sites for hydroxylation is 1. The van der Waals surface area contributed by atoms with Crippen molar-refractivity contribution in [1.82, 2.24) is 4.98 Å². The molecule has 1 aromatic heterocycles. The van der Waals surface area contributed by atoms with E-state index >= 15 is 0 Å². The number of nitrogen functional groups attached to an aromatic ring is 1. The summed E-state index contributed by atoms with van der Waals surface area (Å²) in [6.07, 6.45) is 0.957. The number of aromatic nitrogens is 1. The average Bonchev–Trinajstić information content (AvgIpc) is 2.49.